The number of aliphatic hydroxyl groups excluding tert-OH is 1. The lowest BCUT2D eigenvalue weighted by molar-refractivity contribution is 0.333. The van der Waals surface area contributed by atoms with Gasteiger partial charge >= 0.3 is 0 Å². The predicted octanol–water partition coefficient (Wildman–Crippen LogP) is 0.558. The Labute approximate surface area is 63.2 Å². The summed E-state index contributed by atoms with van der Waals surface area (Å²) < 4.78 is 4.70. The van der Waals surface area contributed by atoms with Crippen molar-refractivity contribution in [1.29, 1.82) is 0 Å². The van der Waals surface area contributed by atoms with E-state index in [0.29, 0.717) is 5.03 Å². The van der Waals surface area contributed by atoms with Crippen LogP contribution in [0.1, 0.15) is 0 Å². The molecule has 0 bridgehead atoms. The van der Waals surface area contributed by atoms with E-state index in [1.54, 1.807) is 0 Å². The summed E-state index contributed by atoms with van der Waals surface area (Å²) in [5, 5.41) is 11.7. The second-order valence-electron chi connectivity index (χ2n) is 1.70. The molecular formula is C5H7ClN2O2. The third-order valence-corrected chi connectivity index (χ3v) is 1.34. The van der Waals surface area contributed by atoms with E-state index in [0.717, 1.165) is 0 Å². The van der Waals surface area contributed by atoms with Crippen molar-refractivity contribution < 1.29 is 9.84 Å². The molecule has 1 aliphatic rings. The molecule has 0 amide bonds. The molecule has 1 rings (SSSR count). The molecule has 0 aliphatic carbocycles. The highest BCUT2D eigenvalue weighted by atomic mass is 35.5. The van der Waals surface area contributed by atoms with Crippen LogP contribution in [0, 0.1) is 0 Å². The fraction of sp³-hybridized carbons (Fsp3) is 0.400. The van der Waals surface area contributed by atoms with Crippen molar-refractivity contribution in [3.8, 4) is 0 Å². The molecule has 0 unspecified atom stereocenters. The Morgan fingerprint density at radius 1 is 1.80 bits per heavy atom. The first kappa shape index (κ1) is 7.21. The smallest absolute Gasteiger partial charge is 0.291 e. The minimum absolute atomic E-state index is 0.0893. The van der Waals surface area contributed by atoms with Gasteiger partial charge in [0.15, 0.2) is 0 Å². The van der Waals surface area contributed by atoms with Crippen LogP contribution in [-0.4, -0.2) is 24.8 Å². The van der Waals surface area contributed by atoms with Crippen LogP contribution in [-0.2, 0) is 4.74 Å². The lowest BCUT2D eigenvalue weighted by Crippen LogP contribution is -2.28. The van der Waals surface area contributed by atoms with Crippen LogP contribution in [0.25, 0.3) is 0 Å². The zero-order valence-corrected chi connectivity index (χ0v) is 6.14. The van der Waals surface area contributed by atoms with Gasteiger partial charge in [-0.3, -0.25) is 5.32 Å². The van der Waals surface area contributed by atoms with Gasteiger partial charge in [-0.1, -0.05) is 11.6 Å². The number of amidine groups is 1. The van der Waals surface area contributed by atoms with Gasteiger partial charge in [-0.2, -0.15) is 0 Å². The van der Waals surface area contributed by atoms with Crippen LogP contribution in [0.15, 0.2) is 15.9 Å². The SMILES string of the molecule is COC1=NCC(Cl)=C(O)N1. The van der Waals surface area contributed by atoms with Crippen molar-refractivity contribution in [1.82, 2.24) is 5.32 Å². The van der Waals surface area contributed by atoms with E-state index in [4.69, 9.17) is 21.4 Å². The Morgan fingerprint density at radius 3 is 3.00 bits per heavy atom. The summed E-state index contributed by atoms with van der Waals surface area (Å²) >= 11 is 5.49. The summed E-state index contributed by atoms with van der Waals surface area (Å²) in [5.74, 6) is -0.0893. The van der Waals surface area contributed by atoms with Crippen LogP contribution < -0.4 is 5.32 Å². The van der Waals surface area contributed by atoms with Gasteiger partial charge < -0.3 is 9.84 Å². The second-order valence-corrected chi connectivity index (χ2v) is 2.16. The number of rotatable bonds is 0. The highest BCUT2D eigenvalue weighted by Crippen LogP contribution is 2.08. The van der Waals surface area contributed by atoms with Crippen molar-refractivity contribution >= 4 is 17.6 Å². The molecule has 1 aliphatic heterocycles. The van der Waals surface area contributed by atoms with Gasteiger partial charge in [0, 0.05) is 0 Å². The molecule has 0 saturated heterocycles. The molecule has 4 nitrogen and oxygen atoms in total. The molecule has 1 heterocycles. The normalized spacial score (nSPS) is 18.0. The maximum Gasteiger partial charge on any atom is 0.291 e. The third-order valence-electron chi connectivity index (χ3n) is 1.04. The first-order valence-corrected chi connectivity index (χ1v) is 3.05. The molecule has 0 saturated carbocycles. The molecule has 0 aromatic heterocycles. The van der Waals surface area contributed by atoms with Crippen molar-refractivity contribution in [2.75, 3.05) is 13.7 Å². The maximum atomic E-state index is 8.95. The van der Waals surface area contributed by atoms with Crippen molar-refractivity contribution in [3.05, 3.63) is 10.9 Å². The van der Waals surface area contributed by atoms with Gasteiger partial charge in [0.1, 0.15) is 0 Å². The topological polar surface area (TPSA) is 53.9 Å². The molecule has 0 aromatic carbocycles. The van der Waals surface area contributed by atoms with Crippen LogP contribution >= 0.6 is 11.6 Å². The van der Waals surface area contributed by atoms with Gasteiger partial charge in [0.25, 0.3) is 6.02 Å². The number of ether oxygens (including phenoxy) is 1. The van der Waals surface area contributed by atoms with Crippen molar-refractivity contribution in [3.63, 3.8) is 0 Å². The largest absolute Gasteiger partial charge is 0.494 e. The number of aliphatic hydroxyl groups is 1. The average molecular weight is 163 g/mol. The number of hydrogen-bond donors (Lipinski definition) is 2. The number of nitrogens with zero attached hydrogens (tertiary/aromatic N) is 1. The molecule has 0 spiro atoms. The van der Waals surface area contributed by atoms with Gasteiger partial charge in [0.05, 0.1) is 18.7 Å². The van der Waals surface area contributed by atoms with Crippen molar-refractivity contribution in [2.45, 2.75) is 0 Å². The number of aliphatic imine (C=N–C) groups is 1. The zero-order chi connectivity index (χ0) is 7.56. The Balaban J connectivity index is 2.63. The molecule has 10 heavy (non-hydrogen) atoms. The molecule has 0 aromatic rings. The Bertz CT molecular complexity index is 200. The fourth-order valence-electron chi connectivity index (χ4n) is 0.540. The van der Waals surface area contributed by atoms with Crippen LogP contribution in [0.4, 0.5) is 0 Å². The lowest BCUT2D eigenvalue weighted by Gasteiger charge is -2.12. The van der Waals surface area contributed by atoms with E-state index < -0.39 is 0 Å². The maximum absolute atomic E-state index is 8.95. The van der Waals surface area contributed by atoms with Crippen molar-refractivity contribution in [2.24, 2.45) is 4.99 Å². The highest BCUT2D eigenvalue weighted by Gasteiger charge is 2.11. The van der Waals surface area contributed by atoms with Crippen LogP contribution in [0.3, 0.4) is 0 Å². The van der Waals surface area contributed by atoms with E-state index in [2.05, 4.69) is 10.3 Å². The summed E-state index contributed by atoms with van der Waals surface area (Å²) in [6.07, 6.45) is 0. The third kappa shape index (κ3) is 1.33. The van der Waals surface area contributed by atoms with Gasteiger partial charge in [-0.05, 0) is 0 Å². The summed E-state index contributed by atoms with van der Waals surface area (Å²) in [5.41, 5.74) is 0. The summed E-state index contributed by atoms with van der Waals surface area (Å²) in [6.45, 7) is 0.267. The molecular weight excluding hydrogens is 156 g/mol. The number of methoxy groups -OCH3 is 1. The number of nitrogens with one attached hydrogen (secondary N) is 1. The predicted molar refractivity (Wildman–Crippen MR) is 38.0 cm³/mol. The molecule has 5 heteroatoms. The minimum atomic E-state index is -0.0893. The Kier molecular flexibility index (Phi) is 2.01. The Hall–Kier alpha value is -0.900. The van der Waals surface area contributed by atoms with Gasteiger partial charge in [-0.15, -0.1) is 0 Å². The summed E-state index contributed by atoms with van der Waals surface area (Å²) in [6, 6.07) is 0.280. The first-order chi connectivity index (χ1) is 4.74. The minimum Gasteiger partial charge on any atom is -0.494 e. The molecule has 0 radical (unpaired) electrons. The van der Waals surface area contributed by atoms with Gasteiger partial charge in [-0.25, -0.2) is 4.99 Å². The zero-order valence-electron chi connectivity index (χ0n) is 5.39. The molecule has 56 valence electrons. The highest BCUT2D eigenvalue weighted by molar-refractivity contribution is 6.30. The van der Waals surface area contributed by atoms with E-state index in [1.807, 2.05) is 0 Å². The van der Waals surface area contributed by atoms with Gasteiger partial charge in [0.2, 0.25) is 5.88 Å². The van der Waals surface area contributed by atoms with E-state index in [9.17, 15) is 0 Å². The monoisotopic (exact) mass is 162 g/mol. The van der Waals surface area contributed by atoms with E-state index in [-0.39, 0.29) is 18.4 Å². The summed E-state index contributed by atoms with van der Waals surface area (Å²) in [4.78, 5) is 3.81. The fourth-order valence-corrected chi connectivity index (χ4v) is 0.647. The lowest BCUT2D eigenvalue weighted by atomic mass is 10.5. The van der Waals surface area contributed by atoms with Crippen LogP contribution in [0.2, 0.25) is 0 Å². The molecule has 0 fully saturated rings. The van der Waals surface area contributed by atoms with Crippen LogP contribution in [0.5, 0.6) is 0 Å². The first-order valence-electron chi connectivity index (χ1n) is 2.67. The van der Waals surface area contributed by atoms with E-state index in [1.165, 1.54) is 7.11 Å². The molecule has 2 N–H and O–H groups in total. The van der Waals surface area contributed by atoms with E-state index >= 15 is 0 Å². The molecule has 0 atom stereocenters. The number of halogens is 1. The Morgan fingerprint density at radius 2 is 2.50 bits per heavy atom. The standard InChI is InChI=1S/C5H7ClN2O2/c1-10-5-7-2-3(6)4(9)8-5/h9H,2H2,1H3,(H,7,8). The number of hydrogen-bond acceptors (Lipinski definition) is 4. The quantitative estimate of drug-likeness (QED) is 0.547. The second kappa shape index (κ2) is 2.79. The average Bonchev–Trinajstić information content (AvgIpc) is 1.95. The summed E-state index contributed by atoms with van der Waals surface area (Å²) in [7, 11) is 1.46.